The molecule has 1 heterocycles. The third kappa shape index (κ3) is 5.84. The molecule has 1 aromatic heterocycles. The van der Waals surface area contributed by atoms with E-state index in [-0.39, 0.29) is 5.56 Å². The highest BCUT2D eigenvalue weighted by atomic mass is 32.1. The third-order valence-corrected chi connectivity index (χ3v) is 4.33. The Kier molecular flexibility index (Phi) is 7.59. The van der Waals surface area contributed by atoms with E-state index in [4.69, 9.17) is 16.6 Å². The fraction of sp³-hybridized carbons (Fsp3) is 0.421. The molecule has 0 spiro atoms. The number of unbranched alkanes of at least 4 members (excludes halogenated alkanes) is 2. The molecule has 2 rings (SSSR count). The number of hydrazine groups is 1. The SMILES string of the molecule is CCCCC[C@H](C)CNC(=S)NNC(=O)c1cc2ccccc2oc1=O. The van der Waals surface area contributed by atoms with Crippen LogP contribution in [0.15, 0.2) is 39.5 Å². The molecule has 6 nitrogen and oxygen atoms in total. The van der Waals surface area contributed by atoms with Crippen molar-refractivity contribution in [3.63, 3.8) is 0 Å². The lowest BCUT2D eigenvalue weighted by molar-refractivity contribution is 0.0940. The second-order valence-electron chi connectivity index (χ2n) is 6.38. The summed E-state index contributed by atoms with van der Waals surface area (Å²) in [6, 6.07) is 8.53. The van der Waals surface area contributed by atoms with Crippen molar-refractivity contribution in [2.75, 3.05) is 6.54 Å². The van der Waals surface area contributed by atoms with Gasteiger partial charge in [0, 0.05) is 11.9 Å². The first-order valence-corrected chi connectivity index (χ1v) is 9.29. The zero-order valence-electron chi connectivity index (χ0n) is 15.1. The van der Waals surface area contributed by atoms with E-state index in [0.717, 1.165) is 13.0 Å². The maximum atomic E-state index is 12.2. The monoisotopic (exact) mass is 375 g/mol. The molecule has 0 unspecified atom stereocenters. The molecule has 0 fully saturated rings. The van der Waals surface area contributed by atoms with Crippen LogP contribution < -0.4 is 21.8 Å². The van der Waals surface area contributed by atoms with Crippen molar-refractivity contribution < 1.29 is 9.21 Å². The van der Waals surface area contributed by atoms with E-state index in [0.29, 0.717) is 22.0 Å². The van der Waals surface area contributed by atoms with Crippen molar-refractivity contribution >= 4 is 34.2 Å². The molecule has 1 amide bonds. The maximum Gasteiger partial charge on any atom is 0.349 e. The summed E-state index contributed by atoms with van der Waals surface area (Å²) in [4.78, 5) is 24.2. The standard InChI is InChI=1S/C19H25N3O3S/c1-3-4-5-8-13(2)12-20-19(26)22-21-17(23)15-11-14-9-6-7-10-16(14)25-18(15)24/h6-7,9-11,13H,3-5,8,12H2,1-2H3,(H,21,23)(H2,20,22,26)/t13-/m0/s1. The fourth-order valence-electron chi connectivity index (χ4n) is 2.56. The first kappa shape index (κ1) is 19.9. The molecular weight excluding hydrogens is 350 g/mol. The van der Waals surface area contributed by atoms with Gasteiger partial charge in [-0.3, -0.25) is 15.6 Å². The molecule has 0 aliphatic carbocycles. The summed E-state index contributed by atoms with van der Waals surface area (Å²) in [6.45, 7) is 5.06. The van der Waals surface area contributed by atoms with Crippen LogP contribution in [0.1, 0.15) is 49.9 Å². The van der Waals surface area contributed by atoms with E-state index in [9.17, 15) is 9.59 Å². The van der Waals surface area contributed by atoms with Crippen LogP contribution in [0.4, 0.5) is 0 Å². The van der Waals surface area contributed by atoms with E-state index >= 15 is 0 Å². The number of amides is 1. The minimum atomic E-state index is -0.688. The Bertz CT molecular complexity index is 819. The van der Waals surface area contributed by atoms with Gasteiger partial charge in [0.15, 0.2) is 5.11 Å². The Hall–Kier alpha value is -2.41. The summed E-state index contributed by atoms with van der Waals surface area (Å²) in [5.74, 6) is -0.103. The minimum Gasteiger partial charge on any atom is -0.422 e. The number of thiocarbonyl (C=S) groups is 1. The summed E-state index contributed by atoms with van der Waals surface area (Å²) in [5, 5.41) is 4.05. The number of rotatable bonds is 7. The average Bonchev–Trinajstić information content (AvgIpc) is 2.64. The van der Waals surface area contributed by atoms with Crippen molar-refractivity contribution in [1.29, 1.82) is 0 Å². The van der Waals surface area contributed by atoms with Gasteiger partial charge >= 0.3 is 5.63 Å². The molecule has 1 aromatic carbocycles. The minimum absolute atomic E-state index is 0.0769. The Labute approximate surface area is 158 Å². The Morgan fingerprint density at radius 3 is 2.77 bits per heavy atom. The number of carbonyl (C=O) groups excluding carboxylic acids is 1. The van der Waals surface area contributed by atoms with Gasteiger partial charge in [0.25, 0.3) is 5.91 Å². The smallest absolute Gasteiger partial charge is 0.349 e. The zero-order valence-corrected chi connectivity index (χ0v) is 15.9. The Morgan fingerprint density at radius 2 is 2.00 bits per heavy atom. The molecule has 0 aliphatic rings. The summed E-state index contributed by atoms with van der Waals surface area (Å²) < 4.78 is 5.15. The first-order valence-electron chi connectivity index (χ1n) is 8.88. The number of para-hydroxylation sites is 1. The largest absolute Gasteiger partial charge is 0.422 e. The van der Waals surface area contributed by atoms with Crippen molar-refractivity contribution in [3.05, 3.63) is 46.3 Å². The van der Waals surface area contributed by atoms with Gasteiger partial charge in [-0.25, -0.2) is 4.79 Å². The van der Waals surface area contributed by atoms with Gasteiger partial charge in [0.05, 0.1) is 0 Å². The predicted octanol–water partition coefficient (Wildman–Crippen LogP) is 3.12. The van der Waals surface area contributed by atoms with E-state index in [1.54, 1.807) is 18.2 Å². The second-order valence-corrected chi connectivity index (χ2v) is 6.78. The average molecular weight is 375 g/mol. The lowest BCUT2D eigenvalue weighted by Crippen LogP contribution is -2.48. The van der Waals surface area contributed by atoms with Gasteiger partial charge < -0.3 is 9.73 Å². The van der Waals surface area contributed by atoms with Gasteiger partial charge in [-0.1, -0.05) is 51.3 Å². The molecule has 0 aliphatic heterocycles. The second kappa shape index (κ2) is 9.91. The van der Waals surface area contributed by atoms with Crippen LogP contribution in [-0.4, -0.2) is 17.6 Å². The van der Waals surface area contributed by atoms with Crippen LogP contribution in [0, 0.1) is 5.92 Å². The molecule has 2 aromatic rings. The molecule has 0 saturated carbocycles. The highest BCUT2D eigenvalue weighted by Gasteiger charge is 2.13. The predicted molar refractivity (Wildman–Crippen MR) is 107 cm³/mol. The normalized spacial score (nSPS) is 11.8. The van der Waals surface area contributed by atoms with E-state index in [1.807, 2.05) is 6.07 Å². The molecular formula is C19H25N3O3S. The number of nitrogens with one attached hydrogen (secondary N) is 3. The molecule has 1 atom stereocenters. The molecule has 140 valence electrons. The number of hydrogen-bond acceptors (Lipinski definition) is 4. The van der Waals surface area contributed by atoms with Crippen molar-refractivity contribution in [1.82, 2.24) is 16.2 Å². The highest BCUT2D eigenvalue weighted by Crippen LogP contribution is 2.12. The van der Waals surface area contributed by atoms with Gasteiger partial charge in [-0.2, -0.15) is 0 Å². The van der Waals surface area contributed by atoms with Gasteiger partial charge in [-0.15, -0.1) is 0 Å². The van der Waals surface area contributed by atoms with E-state index in [2.05, 4.69) is 30.0 Å². The Morgan fingerprint density at radius 1 is 1.23 bits per heavy atom. The lowest BCUT2D eigenvalue weighted by atomic mass is 10.0. The third-order valence-electron chi connectivity index (χ3n) is 4.09. The molecule has 0 radical (unpaired) electrons. The van der Waals surface area contributed by atoms with Gasteiger partial charge in [0.2, 0.25) is 0 Å². The summed E-state index contributed by atoms with van der Waals surface area (Å²) >= 11 is 5.15. The summed E-state index contributed by atoms with van der Waals surface area (Å²) in [6.07, 6.45) is 4.77. The van der Waals surface area contributed by atoms with Crippen molar-refractivity contribution in [2.24, 2.45) is 5.92 Å². The Balaban J connectivity index is 1.84. The van der Waals surface area contributed by atoms with Crippen LogP contribution in [0.3, 0.4) is 0 Å². The van der Waals surface area contributed by atoms with Crippen LogP contribution in [0.25, 0.3) is 11.0 Å². The van der Waals surface area contributed by atoms with Crippen molar-refractivity contribution in [2.45, 2.75) is 39.5 Å². The van der Waals surface area contributed by atoms with E-state index in [1.165, 1.54) is 25.3 Å². The number of fused-ring (bicyclic) bond motifs is 1. The molecule has 0 saturated heterocycles. The molecule has 26 heavy (non-hydrogen) atoms. The summed E-state index contributed by atoms with van der Waals surface area (Å²) in [7, 11) is 0. The van der Waals surface area contributed by atoms with Crippen molar-refractivity contribution in [3.8, 4) is 0 Å². The summed E-state index contributed by atoms with van der Waals surface area (Å²) in [5.41, 5.74) is 4.72. The van der Waals surface area contributed by atoms with E-state index < -0.39 is 11.5 Å². The van der Waals surface area contributed by atoms with Gasteiger partial charge in [-0.05, 0) is 36.7 Å². The van der Waals surface area contributed by atoms with Crippen LogP contribution in [0.2, 0.25) is 0 Å². The number of carbonyl (C=O) groups is 1. The number of hydrogen-bond donors (Lipinski definition) is 3. The highest BCUT2D eigenvalue weighted by molar-refractivity contribution is 7.80. The van der Waals surface area contributed by atoms with Crippen LogP contribution in [0.5, 0.6) is 0 Å². The zero-order chi connectivity index (χ0) is 18.9. The van der Waals surface area contributed by atoms with Crippen LogP contribution >= 0.6 is 12.2 Å². The molecule has 7 heteroatoms. The van der Waals surface area contributed by atoms with Gasteiger partial charge in [0.1, 0.15) is 11.1 Å². The molecule has 0 bridgehead atoms. The lowest BCUT2D eigenvalue weighted by Gasteiger charge is -2.15. The quantitative estimate of drug-likeness (QED) is 0.298. The first-order chi connectivity index (χ1) is 12.5. The molecule has 3 N–H and O–H groups in total. The van der Waals surface area contributed by atoms with Crippen LogP contribution in [-0.2, 0) is 0 Å². The topological polar surface area (TPSA) is 83.4 Å². The number of benzene rings is 1. The maximum absolute atomic E-state index is 12.2. The fourth-order valence-corrected chi connectivity index (χ4v) is 2.69.